The Labute approximate surface area is 130 Å². The van der Waals surface area contributed by atoms with Crippen LogP contribution in [0.15, 0.2) is 48.5 Å². The maximum atomic E-state index is 3.26. The van der Waals surface area contributed by atoms with Gasteiger partial charge in [0.1, 0.15) is 0 Å². The Balaban J connectivity index is 2.11. The third-order valence-electron chi connectivity index (χ3n) is 3.59. The van der Waals surface area contributed by atoms with E-state index in [9.17, 15) is 0 Å². The molecule has 0 N–H and O–H groups in total. The molecule has 0 atom stereocenters. The molecule has 108 valence electrons. The van der Waals surface area contributed by atoms with Crippen LogP contribution in [0.2, 0.25) is 19.6 Å². The van der Waals surface area contributed by atoms with Gasteiger partial charge in [0, 0.05) is 11.1 Å². The van der Waals surface area contributed by atoms with Crippen molar-refractivity contribution in [2.45, 2.75) is 39.4 Å². The Morgan fingerprint density at radius 1 is 0.762 bits per heavy atom. The van der Waals surface area contributed by atoms with Gasteiger partial charge in [0.15, 0.2) is 0 Å². The van der Waals surface area contributed by atoms with E-state index in [1.54, 1.807) is 0 Å². The Morgan fingerprint density at radius 2 is 1.24 bits per heavy atom. The number of benzene rings is 2. The van der Waals surface area contributed by atoms with Crippen molar-refractivity contribution in [3.8, 4) is 11.8 Å². The topological polar surface area (TPSA) is 0 Å². The molecular weight excluding hydrogens is 268 g/mol. The molecule has 0 aromatic heterocycles. The Kier molecular flexibility index (Phi) is 5.04. The van der Waals surface area contributed by atoms with Gasteiger partial charge in [-0.05, 0) is 36.2 Å². The molecule has 0 nitrogen and oxygen atoms in total. The van der Waals surface area contributed by atoms with Gasteiger partial charge in [0.25, 0.3) is 0 Å². The third kappa shape index (κ3) is 4.62. The number of aryl methyl sites for hydroxylation is 1. The molecule has 0 fully saturated rings. The van der Waals surface area contributed by atoms with E-state index in [2.05, 4.69) is 86.9 Å². The molecule has 0 heterocycles. The lowest BCUT2D eigenvalue weighted by Gasteiger charge is -2.15. The summed E-state index contributed by atoms with van der Waals surface area (Å²) in [4.78, 5) is 0. The maximum absolute atomic E-state index is 3.26. The van der Waals surface area contributed by atoms with Gasteiger partial charge in [-0.25, -0.2) is 0 Å². The first-order chi connectivity index (χ1) is 9.99. The number of hydrogen-bond acceptors (Lipinski definition) is 0. The van der Waals surface area contributed by atoms with Crippen LogP contribution >= 0.6 is 0 Å². The van der Waals surface area contributed by atoms with Gasteiger partial charge in [0.05, 0.1) is 8.07 Å². The van der Waals surface area contributed by atoms with Gasteiger partial charge < -0.3 is 0 Å². The van der Waals surface area contributed by atoms with Crippen LogP contribution in [0.1, 0.15) is 30.0 Å². The van der Waals surface area contributed by atoms with Crippen molar-refractivity contribution >= 4 is 13.3 Å². The fraction of sp³-hybridized carbons (Fsp3) is 0.300. The molecule has 0 spiro atoms. The van der Waals surface area contributed by atoms with Crippen LogP contribution in [0.25, 0.3) is 0 Å². The zero-order valence-electron chi connectivity index (χ0n) is 13.5. The highest BCUT2D eigenvalue weighted by atomic mass is 28.3. The first-order valence-corrected chi connectivity index (χ1v) is 11.2. The largest absolute Gasteiger partial charge is 0.0775 e. The molecule has 0 unspecified atom stereocenters. The lowest BCUT2D eigenvalue weighted by Crippen LogP contribution is -2.37. The standard InChI is InChI=1S/C20H24Si/c1-5-6-17-7-9-18(10-8-17)11-12-19-13-15-20(16-14-19)21(2,3)4/h7-10,13-16H,5-6H2,1-4H3. The highest BCUT2D eigenvalue weighted by Gasteiger charge is 2.15. The average molecular weight is 292 g/mol. The summed E-state index contributed by atoms with van der Waals surface area (Å²) in [5.74, 6) is 6.51. The van der Waals surface area contributed by atoms with Crippen molar-refractivity contribution in [2.75, 3.05) is 0 Å². The van der Waals surface area contributed by atoms with Crippen LogP contribution in [-0.2, 0) is 6.42 Å². The van der Waals surface area contributed by atoms with E-state index in [4.69, 9.17) is 0 Å². The van der Waals surface area contributed by atoms with Crippen LogP contribution < -0.4 is 5.19 Å². The molecule has 1 heteroatoms. The van der Waals surface area contributed by atoms with E-state index < -0.39 is 8.07 Å². The van der Waals surface area contributed by atoms with Crippen molar-refractivity contribution in [1.29, 1.82) is 0 Å². The molecule has 0 amide bonds. The predicted octanol–water partition coefficient (Wildman–Crippen LogP) is 4.58. The van der Waals surface area contributed by atoms with Gasteiger partial charge in [-0.3, -0.25) is 0 Å². The lowest BCUT2D eigenvalue weighted by atomic mass is 10.1. The average Bonchev–Trinajstić information content (AvgIpc) is 2.46. The molecule has 0 aliphatic carbocycles. The van der Waals surface area contributed by atoms with Crippen LogP contribution in [0.3, 0.4) is 0 Å². The Morgan fingerprint density at radius 3 is 1.67 bits per heavy atom. The van der Waals surface area contributed by atoms with Crippen molar-refractivity contribution in [1.82, 2.24) is 0 Å². The van der Waals surface area contributed by atoms with Gasteiger partial charge in [-0.2, -0.15) is 0 Å². The molecule has 2 aromatic rings. The summed E-state index contributed by atoms with van der Waals surface area (Å²) in [6.45, 7) is 9.31. The van der Waals surface area contributed by atoms with Gasteiger partial charge in [0.2, 0.25) is 0 Å². The minimum Gasteiger partial charge on any atom is -0.0656 e. The smallest absolute Gasteiger partial charge is 0.0656 e. The first kappa shape index (κ1) is 15.6. The highest BCUT2D eigenvalue weighted by molar-refractivity contribution is 6.88. The van der Waals surface area contributed by atoms with E-state index in [-0.39, 0.29) is 0 Å². The second-order valence-electron chi connectivity index (χ2n) is 6.52. The van der Waals surface area contributed by atoms with Crippen molar-refractivity contribution in [3.63, 3.8) is 0 Å². The van der Waals surface area contributed by atoms with Crippen molar-refractivity contribution in [3.05, 3.63) is 65.2 Å². The SMILES string of the molecule is CCCc1ccc(C#Cc2ccc([Si](C)(C)C)cc2)cc1. The fourth-order valence-electron chi connectivity index (χ4n) is 2.24. The molecule has 21 heavy (non-hydrogen) atoms. The number of rotatable bonds is 3. The van der Waals surface area contributed by atoms with Crippen molar-refractivity contribution < 1.29 is 0 Å². The summed E-state index contributed by atoms with van der Waals surface area (Å²) in [6.07, 6.45) is 2.33. The molecule has 2 rings (SSSR count). The molecule has 0 bridgehead atoms. The van der Waals surface area contributed by atoms with Gasteiger partial charge >= 0.3 is 0 Å². The first-order valence-electron chi connectivity index (χ1n) is 7.70. The third-order valence-corrected chi connectivity index (χ3v) is 5.66. The molecule has 0 saturated carbocycles. The summed E-state index contributed by atoms with van der Waals surface area (Å²) >= 11 is 0. The number of hydrogen-bond donors (Lipinski definition) is 0. The van der Waals surface area contributed by atoms with E-state index >= 15 is 0 Å². The quantitative estimate of drug-likeness (QED) is 0.573. The lowest BCUT2D eigenvalue weighted by molar-refractivity contribution is 0.922. The monoisotopic (exact) mass is 292 g/mol. The molecule has 0 saturated heterocycles. The highest BCUT2D eigenvalue weighted by Crippen LogP contribution is 2.07. The Hall–Kier alpha value is -1.78. The van der Waals surface area contributed by atoms with E-state index in [0.717, 1.165) is 17.5 Å². The van der Waals surface area contributed by atoms with Crippen LogP contribution in [0.5, 0.6) is 0 Å². The minimum absolute atomic E-state index is 1.09. The zero-order chi connectivity index (χ0) is 15.3. The summed E-state index contributed by atoms with van der Waals surface area (Å²) in [5, 5.41) is 1.48. The molecule has 2 aromatic carbocycles. The molecular formula is C20H24Si. The van der Waals surface area contributed by atoms with E-state index in [0.29, 0.717) is 0 Å². The summed E-state index contributed by atoms with van der Waals surface area (Å²) in [6, 6.07) is 17.4. The Bertz CT molecular complexity index is 631. The molecule has 0 aliphatic rings. The second-order valence-corrected chi connectivity index (χ2v) is 11.6. The minimum atomic E-state index is -1.21. The van der Waals surface area contributed by atoms with Crippen LogP contribution in [-0.4, -0.2) is 8.07 Å². The zero-order valence-corrected chi connectivity index (χ0v) is 14.5. The van der Waals surface area contributed by atoms with Gasteiger partial charge in [-0.15, -0.1) is 0 Å². The summed E-state index contributed by atoms with van der Waals surface area (Å²) in [7, 11) is -1.21. The van der Waals surface area contributed by atoms with Crippen LogP contribution in [0, 0.1) is 11.8 Å². The molecule has 0 aliphatic heterocycles. The molecule has 0 radical (unpaired) electrons. The predicted molar refractivity (Wildman–Crippen MR) is 95.8 cm³/mol. The summed E-state index contributed by atoms with van der Waals surface area (Å²) in [5.41, 5.74) is 3.57. The van der Waals surface area contributed by atoms with E-state index in [1.807, 2.05) is 0 Å². The second kappa shape index (κ2) is 6.78. The summed E-state index contributed by atoms with van der Waals surface area (Å²) < 4.78 is 0. The maximum Gasteiger partial charge on any atom is 0.0775 e. The van der Waals surface area contributed by atoms with E-state index in [1.165, 1.54) is 17.2 Å². The normalized spacial score (nSPS) is 10.9. The van der Waals surface area contributed by atoms with Gasteiger partial charge in [-0.1, -0.05) is 74.3 Å². The fourth-order valence-corrected chi connectivity index (χ4v) is 3.41. The van der Waals surface area contributed by atoms with Crippen molar-refractivity contribution in [2.24, 2.45) is 0 Å². The van der Waals surface area contributed by atoms with Crippen LogP contribution in [0.4, 0.5) is 0 Å².